The number of anilines is 1. The van der Waals surface area contributed by atoms with Crippen LogP contribution < -0.4 is 5.32 Å². The summed E-state index contributed by atoms with van der Waals surface area (Å²) in [6.45, 7) is 1.80. The summed E-state index contributed by atoms with van der Waals surface area (Å²) in [4.78, 5) is 12.7. The van der Waals surface area contributed by atoms with E-state index >= 15 is 0 Å². The summed E-state index contributed by atoms with van der Waals surface area (Å²) in [6, 6.07) is 6.64. The fourth-order valence-electron chi connectivity index (χ4n) is 3.07. The first-order valence-corrected chi connectivity index (χ1v) is 7.75. The van der Waals surface area contributed by atoms with Crippen molar-refractivity contribution in [2.24, 2.45) is 0 Å². The van der Waals surface area contributed by atoms with E-state index in [1.807, 2.05) is 0 Å². The van der Waals surface area contributed by atoms with Gasteiger partial charge in [0.1, 0.15) is 5.82 Å². The summed E-state index contributed by atoms with van der Waals surface area (Å²) in [6.07, 6.45) is 8.43. The Labute approximate surface area is 134 Å². The minimum absolute atomic E-state index is 0.261. The van der Waals surface area contributed by atoms with Crippen molar-refractivity contribution in [3.05, 3.63) is 53.8 Å². The van der Waals surface area contributed by atoms with Gasteiger partial charge in [0.25, 0.3) is 0 Å². The van der Waals surface area contributed by atoms with E-state index in [4.69, 9.17) is 4.52 Å². The Morgan fingerprint density at radius 2 is 2.22 bits per heavy atom. The van der Waals surface area contributed by atoms with E-state index < -0.39 is 0 Å². The number of rotatable bonds is 3. The molecule has 1 aromatic carbocycles. The molecule has 1 atom stereocenters. The van der Waals surface area contributed by atoms with Crippen molar-refractivity contribution in [1.82, 2.24) is 20.1 Å². The van der Waals surface area contributed by atoms with Crippen molar-refractivity contribution >= 4 is 5.82 Å². The fourth-order valence-corrected chi connectivity index (χ4v) is 3.07. The van der Waals surface area contributed by atoms with Crippen molar-refractivity contribution in [1.29, 1.82) is 0 Å². The summed E-state index contributed by atoms with van der Waals surface area (Å²) in [7, 11) is 0. The molecule has 0 amide bonds. The lowest BCUT2D eigenvalue weighted by atomic mass is 9.86. The summed E-state index contributed by atoms with van der Waals surface area (Å²) in [5.74, 6) is 2.04. The molecule has 2 aromatic heterocycles. The zero-order valence-electron chi connectivity index (χ0n) is 12.9. The van der Waals surface area contributed by atoms with Gasteiger partial charge in [-0.1, -0.05) is 17.3 Å². The Hall–Kier alpha value is -2.76. The summed E-state index contributed by atoms with van der Waals surface area (Å²) < 4.78 is 5.07. The standard InChI is InChI=1S/C17H17N5O/c1-11-20-17(22-23-11)13-5-6-14-12(9-13)3-2-4-15(14)21-16-10-18-7-8-19-16/h5-10,15H,2-4H2,1H3,(H,19,21). The molecule has 4 rings (SSSR count). The number of hydrogen-bond acceptors (Lipinski definition) is 6. The Morgan fingerprint density at radius 1 is 1.26 bits per heavy atom. The van der Waals surface area contributed by atoms with Gasteiger partial charge < -0.3 is 9.84 Å². The van der Waals surface area contributed by atoms with Crippen LogP contribution in [0.1, 0.15) is 35.9 Å². The first-order valence-electron chi connectivity index (χ1n) is 7.75. The molecule has 23 heavy (non-hydrogen) atoms. The maximum Gasteiger partial charge on any atom is 0.223 e. The van der Waals surface area contributed by atoms with Gasteiger partial charge in [0.15, 0.2) is 0 Å². The Morgan fingerprint density at radius 3 is 3.00 bits per heavy atom. The van der Waals surface area contributed by atoms with E-state index in [-0.39, 0.29) is 6.04 Å². The highest BCUT2D eigenvalue weighted by molar-refractivity contribution is 5.58. The fraction of sp³-hybridized carbons (Fsp3) is 0.294. The van der Waals surface area contributed by atoms with E-state index in [0.29, 0.717) is 11.7 Å². The molecule has 0 spiro atoms. The van der Waals surface area contributed by atoms with Crippen molar-refractivity contribution in [2.75, 3.05) is 5.32 Å². The molecular formula is C17H17N5O. The maximum atomic E-state index is 5.07. The second kappa shape index (κ2) is 5.79. The topological polar surface area (TPSA) is 76.7 Å². The molecule has 1 unspecified atom stereocenters. The molecule has 116 valence electrons. The SMILES string of the molecule is Cc1nc(-c2ccc3c(c2)CCCC3Nc2cnccn2)no1. The molecule has 0 aliphatic heterocycles. The average molecular weight is 307 g/mol. The molecule has 1 aliphatic rings. The minimum atomic E-state index is 0.261. The van der Waals surface area contributed by atoms with Gasteiger partial charge in [-0.2, -0.15) is 4.98 Å². The lowest BCUT2D eigenvalue weighted by Gasteiger charge is -2.27. The van der Waals surface area contributed by atoms with Gasteiger partial charge in [-0.15, -0.1) is 0 Å². The van der Waals surface area contributed by atoms with E-state index in [0.717, 1.165) is 30.6 Å². The van der Waals surface area contributed by atoms with E-state index in [1.54, 1.807) is 25.5 Å². The second-order valence-electron chi connectivity index (χ2n) is 5.73. The first kappa shape index (κ1) is 13.9. The van der Waals surface area contributed by atoms with Gasteiger partial charge in [-0.05, 0) is 36.5 Å². The molecule has 6 heteroatoms. The summed E-state index contributed by atoms with van der Waals surface area (Å²) >= 11 is 0. The van der Waals surface area contributed by atoms with Crippen molar-refractivity contribution in [2.45, 2.75) is 32.2 Å². The Kier molecular flexibility index (Phi) is 3.49. The molecule has 0 saturated carbocycles. The van der Waals surface area contributed by atoms with Crippen LogP contribution in [0.15, 0.2) is 41.3 Å². The van der Waals surface area contributed by atoms with Gasteiger partial charge in [0.05, 0.1) is 12.2 Å². The quantitative estimate of drug-likeness (QED) is 0.800. The molecule has 1 aliphatic carbocycles. The zero-order valence-corrected chi connectivity index (χ0v) is 12.9. The van der Waals surface area contributed by atoms with Crippen LogP contribution >= 0.6 is 0 Å². The lowest BCUT2D eigenvalue weighted by molar-refractivity contribution is 0.394. The van der Waals surface area contributed by atoms with Crippen molar-refractivity contribution in [3.8, 4) is 11.4 Å². The number of fused-ring (bicyclic) bond motifs is 1. The van der Waals surface area contributed by atoms with Crippen LogP contribution in [0, 0.1) is 6.92 Å². The predicted octanol–water partition coefficient (Wildman–Crippen LogP) is 3.32. The highest BCUT2D eigenvalue weighted by Gasteiger charge is 2.21. The molecule has 3 aromatic rings. The van der Waals surface area contributed by atoms with Crippen LogP contribution in [0.5, 0.6) is 0 Å². The van der Waals surface area contributed by atoms with Crippen LogP contribution in [-0.4, -0.2) is 20.1 Å². The minimum Gasteiger partial charge on any atom is -0.362 e. The van der Waals surface area contributed by atoms with Gasteiger partial charge in [0.2, 0.25) is 11.7 Å². The third kappa shape index (κ3) is 2.79. The largest absolute Gasteiger partial charge is 0.362 e. The number of aryl methyl sites for hydroxylation is 2. The average Bonchev–Trinajstić information content (AvgIpc) is 3.02. The van der Waals surface area contributed by atoms with Gasteiger partial charge in [-0.25, -0.2) is 4.98 Å². The lowest BCUT2D eigenvalue weighted by Crippen LogP contribution is -2.18. The van der Waals surface area contributed by atoms with Crippen LogP contribution in [0.25, 0.3) is 11.4 Å². The van der Waals surface area contributed by atoms with Crippen LogP contribution in [-0.2, 0) is 6.42 Å². The Balaban J connectivity index is 1.64. The number of aromatic nitrogens is 4. The van der Waals surface area contributed by atoms with Gasteiger partial charge in [0, 0.05) is 24.9 Å². The van der Waals surface area contributed by atoms with Crippen LogP contribution in [0.3, 0.4) is 0 Å². The summed E-state index contributed by atoms with van der Waals surface area (Å²) in [5, 5.41) is 7.48. The third-order valence-electron chi connectivity index (χ3n) is 4.13. The van der Waals surface area contributed by atoms with E-state index in [9.17, 15) is 0 Å². The van der Waals surface area contributed by atoms with Crippen molar-refractivity contribution in [3.63, 3.8) is 0 Å². The monoisotopic (exact) mass is 307 g/mol. The highest BCUT2D eigenvalue weighted by atomic mass is 16.5. The summed E-state index contributed by atoms with van der Waals surface area (Å²) in [5.41, 5.74) is 3.64. The number of nitrogens with one attached hydrogen (secondary N) is 1. The smallest absolute Gasteiger partial charge is 0.223 e. The normalized spacial score (nSPS) is 16.8. The van der Waals surface area contributed by atoms with E-state index in [2.05, 4.69) is 43.6 Å². The number of benzene rings is 1. The first-order chi connectivity index (χ1) is 11.3. The second-order valence-corrected chi connectivity index (χ2v) is 5.73. The molecule has 0 saturated heterocycles. The molecule has 1 N–H and O–H groups in total. The predicted molar refractivity (Wildman–Crippen MR) is 85.8 cm³/mol. The zero-order chi connectivity index (χ0) is 15.6. The molecule has 6 nitrogen and oxygen atoms in total. The Bertz CT molecular complexity index is 815. The van der Waals surface area contributed by atoms with Crippen molar-refractivity contribution < 1.29 is 4.52 Å². The molecule has 0 radical (unpaired) electrons. The number of hydrogen-bond donors (Lipinski definition) is 1. The molecule has 2 heterocycles. The van der Waals surface area contributed by atoms with Crippen LogP contribution in [0.2, 0.25) is 0 Å². The van der Waals surface area contributed by atoms with Crippen LogP contribution in [0.4, 0.5) is 5.82 Å². The molecule has 0 fully saturated rings. The molecule has 0 bridgehead atoms. The van der Waals surface area contributed by atoms with Gasteiger partial charge >= 0.3 is 0 Å². The van der Waals surface area contributed by atoms with E-state index in [1.165, 1.54) is 11.1 Å². The van der Waals surface area contributed by atoms with Gasteiger partial charge in [-0.3, -0.25) is 4.98 Å². The maximum absolute atomic E-state index is 5.07. The third-order valence-corrected chi connectivity index (χ3v) is 4.13. The number of nitrogens with zero attached hydrogens (tertiary/aromatic N) is 4. The highest BCUT2D eigenvalue weighted by Crippen LogP contribution is 2.34. The molecular weight excluding hydrogens is 290 g/mol.